The molecule has 3 aromatic rings. The molecule has 2 aromatic heterocycles. The molecule has 0 saturated carbocycles. The van der Waals surface area contributed by atoms with Crippen LogP contribution in [0.2, 0.25) is 0 Å². The van der Waals surface area contributed by atoms with Gasteiger partial charge in [0.15, 0.2) is 11.4 Å². The Morgan fingerprint density at radius 1 is 1.26 bits per heavy atom. The van der Waals surface area contributed by atoms with E-state index in [0.29, 0.717) is 42.2 Å². The zero-order chi connectivity index (χ0) is 23.6. The Kier molecular flexibility index (Phi) is 4.58. The van der Waals surface area contributed by atoms with Crippen LogP contribution in [0.15, 0.2) is 30.3 Å². The number of aliphatic hydroxyl groups is 1. The number of likely N-dealkylation sites (tertiary alicyclic amines) is 1. The van der Waals surface area contributed by atoms with Crippen molar-refractivity contribution in [3.05, 3.63) is 53.0 Å². The summed E-state index contributed by atoms with van der Waals surface area (Å²) in [5.41, 5.74) is 8.23. The second kappa shape index (κ2) is 7.44. The monoisotopic (exact) mass is 460 g/mol. The van der Waals surface area contributed by atoms with Gasteiger partial charge >= 0.3 is 0 Å². The molecule has 2 amide bonds. The number of hydrogen-bond acceptors (Lipinski definition) is 7. The van der Waals surface area contributed by atoms with Crippen molar-refractivity contribution in [3.63, 3.8) is 0 Å². The van der Waals surface area contributed by atoms with Crippen molar-refractivity contribution in [2.75, 3.05) is 13.6 Å². The average molecular weight is 460 g/mol. The molecule has 2 bridgehead atoms. The largest absolute Gasteiger partial charge is 0.374 e. The molecule has 0 radical (unpaired) electrons. The number of rotatable bonds is 4. The van der Waals surface area contributed by atoms with E-state index in [1.807, 2.05) is 24.3 Å². The molecule has 0 aliphatic carbocycles. The third-order valence-electron chi connectivity index (χ3n) is 7.06. The highest BCUT2D eigenvalue weighted by Gasteiger charge is 2.46. The van der Waals surface area contributed by atoms with Gasteiger partial charge in [0.25, 0.3) is 11.8 Å². The summed E-state index contributed by atoms with van der Waals surface area (Å²) in [5, 5.41) is 18.1. The highest BCUT2D eigenvalue weighted by molar-refractivity contribution is 5.93. The highest BCUT2D eigenvalue weighted by atomic mass is 16.5. The molecular formula is C24H24N6O4. The summed E-state index contributed by atoms with van der Waals surface area (Å²) in [6.07, 6.45) is 2.62. The first-order chi connectivity index (χ1) is 16.3. The first kappa shape index (κ1) is 20.9. The normalized spacial score (nSPS) is 25.6. The number of aromatic nitrogens is 4. The van der Waals surface area contributed by atoms with Crippen molar-refractivity contribution in [1.82, 2.24) is 25.1 Å². The van der Waals surface area contributed by atoms with Crippen LogP contribution in [0.1, 0.15) is 52.8 Å². The van der Waals surface area contributed by atoms with Crippen molar-refractivity contribution in [1.29, 1.82) is 0 Å². The van der Waals surface area contributed by atoms with E-state index in [4.69, 9.17) is 15.5 Å². The number of ether oxygens (including phenoxy) is 1. The standard InChI is InChI=1S/C24H24N6O4/c1-30-8-7-24(33,23(30)32)18-11-15(28-29-18)12-3-2-4-13(9-12)22-26-16-10-14-5-6-17(34-14)19(16)20(27-22)21(25)31/h2-4,9,11,14,17,33H,5-8,10H2,1H3,(H2,25,31)(H,28,29)/t14-,17+,24-/m0/s1. The summed E-state index contributed by atoms with van der Waals surface area (Å²) in [5.74, 6) is -0.532. The van der Waals surface area contributed by atoms with Crippen molar-refractivity contribution in [2.24, 2.45) is 5.73 Å². The smallest absolute Gasteiger partial charge is 0.267 e. The molecule has 5 heterocycles. The molecule has 2 fully saturated rings. The Bertz CT molecular complexity index is 1340. The molecule has 4 N–H and O–H groups in total. The van der Waals surface area contributed by atoms with Crippen LogP contribution in [-0.4, -0.2) is 61.7 Å². The van der Waals surface area contributed by atoms with E-state index in [0.717, 1.165) is 29.7 Å². The number of carbonyl (C=O) groups is 2. The van der Waals surface area contributed by atoms with E-state index in [-0.39, 0.29) is 23.8 Å². The van der Waals surface area contributed by atoms with Crippen molar-refractivity contribution in [2.45, 2.75) is 43.5 Å². The van der Waals surface area contributed by atoms with Crippen LogP contribution >= 0.6 is 0 Å². The number of H-pyrrole nitrogens is 1. The van der Waals surface area contributed by atoms with Crippen LogP contribution in [0.25, 0.3) is 22.6 Å². The molecular weight excluding hydrogens is 436 g/mol. The molecule has 6 rings (SSSR count). The molecule has 1 aromatic carbocycles. The molecule has 10 nitrogen and oxygen atoms in total. The van der Waals surface area contributed by atoms with Crippen molar-refractivity contribution >= 4 is 11.8 Å². The van der Waals surface area contributed by atoms with Crippen LogP contribution in [0, 0.1) is 0 Å². The number of benzene rings is 1. The van der Waals surface area contributed by atoms with Gasteiger partial charge in [0, 0.05) is 43.1 Å². The molecule has 10 heteroatoms. The van der Waals surface area contributed by atoms with E-state index in [2.05, 4.69) is 15.2 Å². The third kappa shape index (κ3) is 3.13. The minimum absolute atomic E-state index is 0.109. The quantitative estimate of drug-likeness (QED) is 0.534. The summed E-state index contributed by atoms with van der Waals surface area (Å²) in [4.78, 5) is 35.5. The molecule has 2 saturated heterocycles. The van der Waals surface area contributed by atoms with Crippen LogP contribution < -0.4 is 5.73 Å². The molecule has 0 unspecified atom stereocenters. The average Bonchev–Trinajstić information content (AvgIpc) is 3.55. The molecule has 34 heavy (non-hydrogen) atoms. The number of nitrogens with one attached hydrogen (secondary N) is 1. The van der Waals surface area contributed by atoms with Gasteiger partial charge in [-0.3, -0.25) is 14.7 Å². The molecule has 3 atom stereocenters. The Labute approximate surface area is 195 Å². The fraction of sp³-hybridized carbons (Fsp3) is 0.375. The molecule has 3 aliphatic rings. The minimum atomic E-state index is -1.60. The maximum Gasteiger partial charge on any atom is 0.267 e. The topological polar surface area (TPSA) is 147 Å². The van der Waals surface area contributed by atoms with Crippen LogP contribution in [0.3, 0.4) is 0 Å². The van der Waals surface area contributed by atoms with Gasteiger partial charge in [-0.15, -0.1) is 0 Å². The van der Waals surface area contributed by atoms with Gasteiger partial charge in [-0.1, -0.05) is 18.2 Å². The molecule has 0 spiro atoms. The number of hydrogen-bond donors (Lipinski definition) is 3. The summed E-state index contributed by atoms with van der Waals surface area (Å²) in [6, 6.07) is 9.14. The summed E-state index contributed by atoms with van der Waals surface area (Å²) in [6.45, 7) is 0.476. The predicted octanol–water partition coefficient (Wildman–Crippen LogP) is 1.46. The number of amides is 2. The Morgan fingerprint density at radius 2 is 2.09 bits per heavy atom. The summed E-state index contributed by atoms with van der Waals surface area (Å²) in [7, 11) is 1.66. The van der Waals surface area contributed by atoms with Crippen LogP contribution in [-0.2, 0) is 21.6 Å². The van der Waals surface area contributed by atoms with Gasteiger partial charge in [-0.05, 0) is 25.0 Å². The number of fused-ring (bicyclic) bond motifs is 4. The zero-order valence-electron chi connectivity index (χ0n) is 18.6. The van der Waals surface area contributed by atoms with E-state index in [9.17, 15) is 14.7 Å². The van der Waals surface area contributed by atoms with E-state index in [1.165, 1.54) is 4.90 Å². The van der Waals surface area contributed by atoms with Gasteiger partial charge in [-0.2, -0.15) is 5.10 Å². The maximum absolute atomic E-state index is 12.4. The van der Waals surface area contributed by atoms with Gasteiger partial charge in [-0.25, -0.2) is 9.97 Å². The van der Waals surface area contributed by atoms with Gasteiger partial charge < -0.3 is 20.5 Å². The summed E-state index contributed by atoms with van der Waals surface area (Å²) < 4.78 is 5.96. The lowest BCUT2D eigenvalue weighted by molar-refractivity contribution is -0.143. The Morgan fingerprint density at radius 3 is 2.85 bits per heavy atom. The highest BCUT2D eigenvalue weighted by Crippen LogP contribution is 2.42. The number of primary amides is 1. The molecule has 3 aliphatic heterocycles. The fourth-order valence-corrected chi connectivity index (χ4v) is 5.21. The van der Waals surface area contributed by atoms with Crippen LogP contribution in [0.5, 0.6) is 0 Å². The van der Waals surface area contributed by atoms with Crippen molar-refractivity contribution in [3.8, 4) is 22.6 Å². The maximum atomic E-state index is 12.4. The second-order valence-electron chi connectivity index (χ2n) is 9.23. The SMILES string of the molecule is CN1CC[C@](O)(c2cc(-c3cccc(-c4nc5c(c(C(N)=O)n4)[C@H]4CC[C@@H](C5)O4)c3)n[nH]2)C1=O. The Balaban J connectivity index is 1.38. The first-order valence-electron chi connectivity index (χ1n) is 11.3. The number of likely N-dealkylation sites (N-methyl/N-ethyl adjacent to an activating group) is 1. The molecule has 174 valence electrons. The fourth-order valence-electron chi connectivity index (χ4n) is 5.21. The lowest BCUT2D eigenvalue weighted by atomic mass is 9.97. The lowest BCUT2D eigenvalue weighted by Gasteiger charge is -2.24. The number of nitrogens with zero attached hydrogens (tertiary/aromatic N) is 4. The zero-order valence-corrected chi connectivity index (χ0v) is 18.6. The van der Waals surface area contributed by atoms with Gasteiger partial charge in [0.2, 0.25) is 0 Å². The van der Waals surface area contributed by atoms with E-state index in [1.54, 1.807) is 13.1 Å². The Hall–Kier alpha value is -3.63. The van der Waals surface area contributed by atoms with Crippen LogP contribution in [0.4, 0.5) is 0 Å². The third-order valence-corrected chi connectivity index (χ3v) is 7.06. The lowest BCUT2D eigenvalue weighted by Crippen LogP contribution is -2.36. The van der Waals surface area contributed by atoms with Crippen molar-refractivity contribution < 1.29 is 19.4 Å². The number of carbonyl (C=O) groups excluding carboxylic acids is 2. The summed E-state index contributed by atoms with van der Waals surface area (Å²) >= 11 is 0. The predicted molar refractivity (Wildman–Crippen MR) is 120 cm³/mol. The van der Waals surface area contributed by atoms with Gasteiger partial charge in [0.1, 0.15) is 5.69 Å². The minimum Gasteiger partial charge on any atom is -0.374 e. The van der Waals surface area contributed by atoms with Gasteiger partial charge in [0.05, 0.1) is 29.3 Å². The first-order valence-corrected chi connectivity index (χ1v) is 11.3. The number of nitrogens with two attached hydrogens (primary N) is 1. The second-order valence-corrected chi connectivity index (χ2v) is 9.23. The van der Waals surface area contributed by atoms with E-state index >= 15 is 0 Å². The van der Waals surface area contributed by atoms with E-state index < -0.39 is 11.5 Å². The number of aromatic amines is 1.